The van der Waals surface area contributed by atoms with E-state index in [4.69, 9.17) is 9.05 Å². The third-order valence-corrected chi connectivity index (χ3v) is 4.52. The van der Waals surface area contributed by atoms with Crippen molar-refractivity contribution in [2.45, 2.75) is 90.9 Å². The molecule has 0 rings (SSSR count). The number of hydrogen-bond acceptors (Lipinski definition) is 3. The van der Waals surface area contributed by atoms with Gasteiger partial charge in [-0.15, -0.1) is 0 Å². The van der Waals surface area contributed by atoms with Crippen LogP contribution < -0.4 is 0 Å². The summed E-state index contributed by atoms with van der Waals surface area (Å²) >= 11 is 0. The first-order valence-corrected chi connectivity index (χ1v) is 10.2. The summed E-state index contributed by atoms with van der Waals surface area (Å²) in [6.45, 7) is 5.01. The number of unbranched alkanes of at least 4 members (excludes halogenated alkanes) is 10. The van der Waals surface area contributed by atoms with Crippen LogP contribution in [0, 0.1) is 0 Å². The summed E-state index contributed by atoms with van der Waals surface area (Å²) in [7, 11) is -3.82. The van der Waals surface area contributed by atoms with Crippen molar-refractivity contribution < 1.29 is 21.4 Å². The Hall–Kier alpha value is 0.876. The molecule has 0 radical (unpaired) electrons. The Balaban J connectivity index is -0.000000667. The summed E-state index contributed by atoms with van der Waals surface area (Å²) in [6.07, 6.45) is 13.6. The van der Waals surface area contributed by atoms with Crippen LogP contribution in [0.3, 0.4) is 0 Å². The predicted octanol–water partition coefficient (Wildman–Crippen LogP) is 5.69. The van der Waals surface area contributed by atoms with Crippen molar-refractivity contribution in [1.82, 2.24) is 0 Å². The maximum absolute atomic E-state index is 11.6. The van der Waals surface area contributed by atoms with Gasteiger partial charge in [-0.1, -0.05) is 78.1 Å². The maximum Gasteiger partial charge on any atom is 2.00 e. The average molecular weight is 349 g/mol. The molecule has 0 spiro atoms. The molecule has 0 aliphatic rings. The van der Waals surface area contributed by atoms with E-state index in [-0.39, 0.29) is 25.9 Å². The fraction of sp³-hybridized carbons (Fsp3) is 1.00. The number of phosphoric ester groups is 1. The second kappa shape index (κ2) is 18.2. The Kier molecular flexibility index (Phi) is 20.8. The van der Waals surface area contributed by atoms with Gasteiger partial charge in [-0.2, -0.15) is 0 Å². The SMILES string of the molecule is CCCCCCCCOP(=O)(O)OCCCCCCCC.[H-].[H-].[Mg+2]. The molecule has 132 valence electrons. The van der Waals surface area contributed by atoms with E-state index in [0.717, 1.165) is 25.7 Å². The monoisotopic (exact) mass is 348 g/mol. The summed E-state index contributed by atoms with van der Waals surface area (Å²) in [6, 6.07) is 0. The minimum absolute atomic E-state index is 0. The maximum atomic E-state index is 11.6. The Labute approximate surface area is 156 Å². The summed E-state index contributed by atoms with van der Waals surface area (Å²) in [5.74, 6) is 0. The van der Waals surface area contributed by atoms with Gasteiger partial charge in [0, 0.05) is 0 Å². The van der Waals surface area contributed by atoms with Crippen molar-refractivity contribution in [3.63, 3.8) is 0 Å². The topological polar surface area (TPSA) is 55.8 Å². The van der Waals surface area contributed by atoms with Gasteiger partial charge in [0.1, 0.15) is 0 Å². The summed E-state index contributed by atoms with van der Waals surface area (Å²) < 4.78 is 21.5. The van der Waals surface area contributed by atoms with Crippen LogP contribution in [0.4, 0.5) is 0 Å². The van der Waals surface area contributed by atoms with E-state index >= 15 is 0 Å². The van der Waals surface area contributed by atoms with Crippen LogP contribution in [0.25, 0.3) is 0 Å². The summed E-state index contributed by atoms with van der Waals surface area (Å²) in [4.78, 5) is 9.51. The van der Waals surface area contributed by atoms with E-state index < -0.39 is 7.82 Å². The minimum Gasteiger partial charge on any atom is -1.00 e. The molecule has 4 nitrogen and oxygen atoms in total. The van der Waals surface area contributed by atoms with Crippen LogP contribution in [0.1, 0.15) is 93.8 Å². The smallest absolute Gasteiger partial charge is 1.00 e. The number of phosphoric acid groups is 1. The van der Waals surface area contributed by atoms with E-state index in [9.17, 15) is 9.46 Å². The molecule has 0 bridgehead atoms. The van der Waals surface area contributed by atoms with E-state index in [1.54, 1.807) is 0 Å². The minimum atomic E-state index is -3.82. The summed E-state index contributed by atoms with van der Waals surface area (Å²) in [5, 5.41) is 0. The molecule has 0 aliphatic heterocycles. The Morgan fingerprint density at radius 3 is 1.41 bits per heavy atom. The van der Waals surface area contributed by atoms with Crippen LogP contribution in [-0.4, -0.2) is 41.2 Å². The quantitative estimate of drug-likeness (QED) is 0.221. The van der Waals surface area contributed by atoms with Crippen molar-refractivity contribution in [2.24, 2.45) is 0 Å². The van der Waals surface area contributed by atoms with E-state index in [2.05, 4.69) is 13.8 Å². The third-order valence-electron chi connectivity index (χ3n) is 3.50. The molecular formula is C16H37MgO4P. The van der Waals surface area contributed by atoms with Gasteiger partial charge in [0.25, 0.3) is 0 Å². The molecular weight excluding hydrogens is 311 g/mol. The molecule has 0 aromatic heterocycles. The molecule has 6 heteroatoms. The normalized spacial score (nSPS) is 11.4. The first-order chi connectivity index (χ1) is 10.1. The summed E-state index contributed by atoms with van der Waals surface area (Å²) in [5.41, 5.74) is 0. The zero-order valence-corrected chi connectivity index (χ0v) is 17.0. The van der Waals surface area contributed by atoms with Crippen LogP contribution in [-0.2, 0) is 13.6 Å². The van der Waals surface area contributed by atoms with E-state index in [0.29, 0.717) is 13.2 Å². The standard InChI is InChI=1S/C16H35O4P.Mg.2H/c1-3-5-7-9-11-13-15-19-21(17,18)20-16-14-12-10-8-6-4-2;;;/h3-16H2,1-2H3,(H,17,18);;;/q;+2;2*-1. The van der Waals surface area contributed by atoms with Crippen LogP contribution >= 0.6 is 7.82 Å². The fourth-order valence-electron chi connectivity index (χ4n) is 2.16. The predicted molar refractivity (Wildman–Crippen MR) is 96.5 cm³/mol. The van der Waals surface area contributed by atoms with Crippen molar-refractivity contribution >= 4 is 30.9 Å². The second-order valence-electron chi connectivity index (χ2n) is 5.67. The van der Waals surface area contributed by atoms with Crippen molar-refractivity contribution in [1.29, 1.82) is 0 Å². The molecule has 0 atom stereocenters. The Morgan fingerprint density at radius 2 is 1.05 bits per heavy atom. The molecule has 0 aromatic carbocycles. The third kappa shape index (κ3) is 18.9. The van der Waals surface area contributed by atoms with Gasteiger partial charge in [0.05, 0.1) is 13.2 Å². The Morgan fingerprint density at radius 1 is 0.727 bits per heavy atom. The fourth-order valence-corrected chi connectivity index (χ4v) is 2.96. The van der Waals surface area contributed by atoms with Gasteiger partial charge < -0.3 is 7.75 Å². The van der Waals surface area contributed by atoms with Gasteiger partial charge in [-0.25, -0.2) is 4.57 Å². The van der Waals surface area contributed by atoms with Crippen LogP contribution in [0.5, 0.6) is 0 Å². The molecule has 0 saturated heterocycles. The number of hydrogen-bond donors (Lipinski definition) is 1. The van der Waals surface area contributed by atoms with Crippen molar-refractivity contribution in [3.05, 3.63) is 0 Å². The van der Waals surface area contributed by atoms with Gasteiger partial charge in [-0.3, -0.25) is 9.05 Å². The van der Waals surface area contributed by atoms with Gasteiger partial charge in [-0.05, 0) is 12.8 Å². The van der Waals surface area contributed by atoms with Crippen molar-refractivity contribution in [3.8, 4) is 0 Å². The first kappa shape index (κ1) is 25.1. The van der Waals surface area contributed by atoms with Crippen LogP contribution in [0.15, 0.2) is 0 Å². The molecule has 0 amide bonds. The van der Waals surface area contributed by atoms with Gasteiger partial charge in [0.15, 0.2) is 0 Å². The second-order valence-corrected chi connectivity index (χ2v) is 7.12. The zero-order chi connectivity index (χ0) is 15.8. The molecule has 1 N–H and O–H groups in total. The molecule has 0 saturated carbocycles. The van der Waals surface area contributed by atoms with Crippen LogP contribution in [0.2, 0.25) is 0 Å². The van der Waals surface area contributed by atoms with Crippen molar-refractivity contribution in [2.75, 3.05) is 13.2 Å². The van der Waals surface area contributed by atoms with Gasteiger partial charge in [0.2, 0.25) is 0 Å². The van der Waals surface area contributed by atoms with E-state index in [1.165, 1.54) is 51.4 Å². The Bertz CT molecular complexity index is 252. The molecule has 0 aliphatic carbocycles. The molecule has 0 aromatic rings. The first-order valence-electron chi connectivity index (χ1n) is 8.74. The molecule has 22 heavy (non-hydrogen) atoms. The molecule has 0 unspecified atom stereocenters. The number of rotatable bonds is 16. The zero-order valence-electron chi connectivity index (χ0n) is 16.7. The average Bonchev–Trinajstić information content (AvgIpc) is 2.45. The largest absolute Gasteiger partial charge is 2.00 e. The van der Waals surface area contributed by atoms with Gasteiger partial charge >= 0.3 is 30.9 Å². The molecule has 0 fully saturated rings. The van der Waals surface area contributed by atoms with E-state index in [1.807, 2.05) is 0 Å². The molecule has 0 heterocycles.